The first-order valence-electron chi connectivity index (χ1n) is 10.5. The maximum absolute atomic E-state index is 6.00. The molecule has 3 heterocycles. The monoisotopic (exact) mass is 364 g/mol. The van der Waals surface area contributed by atoms with Crippen LogP contribution in [0.5, 0.6) is 0 Å². The summed E-state index contributed by atoms with van der Waals surface area (Å²) in [5.41, 5.74) is 3.26. The van der Waals surface area contributed by atoms with E-state index < -0.39 is 0 Å². The van der Waals surface area contributed by atoms with E-state index in [0.717, 1.165) is 49.5 Å². The Balaban J connectivity index is 1.22. The van der Waals surface area contributed by atoms with Crippen molar-refractivity contribution >= 4 is 11.1 Å². The minimum Gasteiger partial charge on any atom is -0.440 e. The average molecular weight is 364 g/mol. The quantitative estimate of drug-likeness (QED) is 0.660. The molecule has 0 bridgehead atoms. The van der Waals surface area contributed by atoms with E-state index in [-0.39, 0.29) is 0 Å². The number of fused-ring (bicyclic) bond motifs is 1. The zero-order valence-corrected chi connectivity index (χ0v) is 15.9. The fourth-order valence-corrected chi connectivity index (χ4v) is 4.77. The Morgan fingerprint density at radius 3 is 2.63 bits per heavy atom. The van der Waals surface area contributed by atoms with Crippen molar-refractivity contribution in [1.29, 1.82) is 0 Å². The lowest BCUT2D eigenvalue weighted by molar-refractivity contribution is 0.187. The number of benzene rings is 1. The lowest BCUT2D eigenvalue weighted by atomic mass is 9.95. The summed E-state index contributed by atoms with van der Waals surface area (Å²) in [5.74, 6) is 1.36. The van der Waals surface area contributed by atoms with Gasteiger partial charge in [-0.15, -0.1) is 0 Å². The van der Waals surface area contributed by atoms with Crippen molar-refractivity contribution < 1.29 is 4.42 Å². The highest BCUT2D eigenvalue weighted by atomic mass is 16.3. The molecule has 1 saturated heterocycles. The zero-order valence-electron chi connectivity index (χ0n) is 15.9. The van der Waals surface area contributed by atoms with Gasteiger partial charge < -0.3 is 8.98 Å². The topological polar surface area (TPSA) is 47.1 Å². The van der Waals surface area contributed by atoms with Crippen LogP contribution in [0.15, 0.2) is 41.2 Å². The molecule has 1 aromatic carbocycles. The largest absolute Gasteiger partial charge is 0.440 e. The minimum atomic E-state index is 0.442. The van der Waals surface area contributed by atoms with Gasteiger partial charge in [0.1, 0.15) is 5.52 Å². The van der Waals surface area contributed by atoms with Gasteiger partial charge in [0.15, 0.2) is 11.5 Å². The number of hydrogen-bond acceptors (Lipinski definition) is 4. The lowest BCUT2D eigenvalue weighted by Gasteiger charge is -2.32. The first-order valence-corrected chi connectivity index (χ1v) is 10.5. The second kappa shape index (κ2) is 7.47. The number of rotatable bonds is 4. The predicted molar refractivity (Wildman–Crippen MR) is 106 cm³/mol. The van der Waals surface area contributed by atoms with Crippen LogP contribution in [0.3, 0.4) is 0 Å². The van der Waals surface area contributed by atoms with Crippen LogP contribution in [0.25, 0.3) is 11.1 Å². The third-order valence-electron chi connectivity index (χ3n) is 6.35. The summed E-state index contributed by atoms with van der Waals surface area (Å²) in [7, 11) is 0. The van der Waals surface area contributed by atoms with E-state index in [2.05, 4.69) is 27.0 Å². The van der Waals surface area contributed by atoms with Crippen LogP contribution in [0, 0.1) is 0 Å². The Morgan fingerprint density at radius 2 is 1.81 bits per heavy atom. The number of para-hydroxylation sites is 2. The van der Waals surface area contributed by atoms with Crippen molar-refractivity contribution in [3.05, 3.63) is 48.4 Å². The molecule has 5 heteroatoms. The highest BCUT2D eigenvalue weighted by Gasteiger charge is 2.26. The van der Waals surface area contributed by atoms with E-state index >= 15 is 0 Å². The maximum Gasteiger partial charge on any atom is 0.198 e. The van der Waals surface area contributed by atoms with E-state index in [1.807, 2.05) is 24.3 Å². The molecule has 1 aliphatic heterocycles. The molecule has 3 aromatic rings. The van der Waals surface area contributed by atoms with E-state index in [9.17, 15) is 0 Å². The molecule has 27 heavy (non-hydrogen) atoms. The predicted octanol–water partition coefficient (Wildman–Crippen LogP) is 4.91. The van der Waals surface area contributed by atoms with Crippen LogP contribution < -0.4 is 0 Å². The summed E-state index contributed by atoms with van der Waals surface area (Å²) in [6, 6.07) is 8.73. The van der Waals surface area contributed by atoms with Gasteiger partial charge in [-0.2, -0.15) is 0 Å². The minimum absolute atomic E-state index is 0.442. The average Bonchev–Trinajstić information content (AvgIpc) is 3.36. The normalized spacial score (nSPS) is 20.4. The van der Waals surface area contributed by atoms with Crippen LogP contribution in [0.2, 0.25) is 0 Å². The number of imidazole rings is 1. The summed E-state index contributed by atoms with van der Waals surface area (Å²) >= 11 is 0. The number of piperidine rings is 1. The van der Waals surface area contributed by atoms with Crippen molar-refractivity contribution in [2.45, 2.75) is 63.5 Å². The number of likely N-dealkylation sites (tertiary alicyclic amines) is 1. The smallest absolute Gasteiger partial charge is 0.198 e. The zero-order chi connectivity index (χ0) is 18.1. The van der Waals surface area contributed by atoms with Gasteiger partial charge in [0, 0.05) is 24.7 Å². The molecule has 2 fully saturated rings. The Labute approximate surface area is 160 Å². The molecular weight excluding hydrogens is 336 g/mol. The van der Waals surface area contributed by atoms with Crippen LogP contribution >= 0.6 is 0 Å². The Kier molecular flexibility index (Phi) is 4.70. The molecule has 2 aliphatic rings. The van der Waals surface area contributed by atoms with E-state index in [4.69, 9.17) is 9.40 Å². The molecule has 142 valence electrons. The molecular formula is C22H28N4O. The Bertz CT molecular complexity index is 851. The fraction of sp³-hybridized carbons (Fsp3) is 0.545. The van der Waals surface area contributed by atoms with Crippen LogP contribution in [0.1, 0.15) is 68.5 Å². The van der Waals surface area contributed by atoms with Crippen molar-refractivity contribution in [1.82, 2.24) is 19.4 Å². The van der Waals surface area contributed by atoms with Gasteiger partial charge in [-0.3, -0.25) is 4.90 Å². The Hall–Kier alpha value is -2.14. The SMILES string of the molecule is c1ccc2oc(C3CCN(Cc4cncn4C4CCCCC4)CC3)nc2c1. The van der Waals surface area contributed by atoms with Crippen molar-refractivity contribution in [2.24, 2.45) is 0 Å². The van der Waals surface area contributed by atoms with Gasteiger partial charge in [-0.1, -0.05) is 31.4 Å². The molecule has 5 nitrogen and oxygen atoms in total. The Morgan fingerprint density at radius 1 is 1.00 bits per heavy atom. The van der Waals surface area contributed by atoms with Crippen LogP contribution in [0.4, 0.5) is 0 Å². The first kappa shape index (κ1) is 17.0. The molecule has 0 atom stereocenters. The van der Waals surface area contributed by atoms with E-state index in [0.29, 0.717) is 12.0 Å². The summed E-state index contributed by atoms with van der Waals surface area (Å²) in [4.78, 5) is 11.7. The van der Waals surface area contributed by atoms with Crippen LogP contribution in [-0.4, -0.2) is 32.5 Å². The molecule has 5 rings (SSSR count). The van der Waals surface area contributed by atoms with E-state index in [1.54, 1.807) is 0 Å². The van der Waals surface area contributed by atoms with Gasteiger partial charge in [0.2, 0.25) is 0 Å². The number of nitrogens with zero attached hydrogens (tertiary/aromatic N) is 4. The summed E-state index contributed by atoms with van der Waals surface area (Å²) in [6.45, 7) is 3.20. The molecule has 0 radical (unpaired) electrons. The maximum atomic E-state index is 6.00. The molecule has 0 amide bonds. The van der Waals surface area contributed by atoms with Gasteiger partial charge in [-0.25, -0.2) is 9.97 Å². The second-order valence-electron chi connectivity index (χ2n) is 8.15. The van der Waals surface area contributed by atoms with Gasteiger partial charge >= 0.3 is 0 Å². The first-order chi connectivity index (χ1) is 13.4. The molecule has 1 saturated carbocycles. The number of hydrogen-bond donors (Lipinski definition) is 0. The standard InChI is InChI=1S/C22H28N4O/c1-2-6-18(7-3-1)26-16-23-14-19(26)15-25-12-10-17(11-13-25)22-24-20-8-4-5-9-21(20)27-22/h4-5,8-9,14,16-18H,1-3,6-7,10-13,15H2. The second-order valence-corrected chi connectivity index (χ2v) is 8.15. The van der Waals surface area contributed by atoms with Crippen LogP contribution in [-0.2, 0) is 6.54 Å². The third kappa shape index (κ3) is 3.53. The summed E-state index contributed by atoms with van der Waals surface area (Å²) in [6.07, 6.45) is 13.1. The number of oxazole rings is 1. The molecule has 0 N–H and O–H groups in total. The summed E-state index contributed by atoms with van der Waals surface area (Å²) in [5, 5.41) is 0. The van der Waals surface area contributed by atoms with E-state index in [1.165, 1.54) is 37.8 Å². The fourth-order valence-electron chi connectivity index (χ4n) is 4.77. The van der Waals surface area contributed by atoms with Crippen molar-refractivity contribution in [2.75, 3.05) is 13.1 Å². The van der Waals surface area contributed by atoms with Gasteiger partial charge in [-0.05, 0) is 50.9 Å². The molecule has 2 aromatic heterocycles. The third-order valence-corrected chi connectivity index (χ3v) is 6.35. The van der Waals surface area contributed by atoms with Gasteiger partial charge in [0.05, 0.1) is 12.0 Å². The summed E-state index contributed by atoms with van der Waals surface area (Å²) < 4.78 is 8.45. The number of aromatic nitrogens is 3. The molecule has 1 aliphatic carbocycles. The molecule has 0 spiro atoms. The lowest BCUT2D eigenvalue weighted by Crippen LogP contribution is -2.33. The van der Waals surface area contributed by atoms with Gasteiger partial charge in [0.25, 0.3) is 0 Å². The highest BCUT2D eigenvalue weighted by molar-refractivity contribution is 5.72. The molecule has 0 unspecified atom stereocenters. The van der Waals surface area contributed by atoms with Crippen molar-refractivity contribution in [3.63, 3.8) is 0 Å². The highest BCUT2D eigenvalue weighted by Crippen LogP contribution is 2.32. The van der Waals surface area contributed by atoms with Crippen molar-refractivity contribution in [3.8, 4) is 0 Å².